The maximum atomic E-state index is 12.0. The smallest absolute Gasteiger partial charge is 0.336 e. The second-order valence-electron chi connectivity index (χ2n) is 8.11. The van der Waals surface area contributed by atoms with Crippen molar-refractivity contribution in [1.82, 2.24) is 0 Å². The Morgan fingerprint density at radius 1 is 0.800 bits per heavy atom. The van der Waals surface area contributed by atoms with E-state index in [4.69, 9.17) is 0 Å². The minimum atomic E-state index is -1.03. The number of hydrogen-bond donors (Lipinski definition) is 1. The summed E-state index contributed by atoms with van der Waals surface area (Å²) in [4.78, 5) is 23.7. The van der Waals surface area contributed by atoms with Crippen LogP contribution in [0.3, 0.4) is 0 Å². The lowest BCUT2D eigenvalue weighted by molar-refractivity contribution is 0.0699. The van der Waals surface area contributed by atoms with Crippen LogP contribution in [0, 0.1) is 13.8 Å². The van der Waals surface area contributed by atoms with E-state index in [1.165, 1.54) is 16.3 Å². The van der Waals surface area contributed by atoms with Gasteiger partial charge in [0.05, 0.1) is 5.56 Å². The monoisotopic (exact) mass is 392 g/mol. The van der Waals surface area contributed by atoms with E-state index in [0.29, 0.717) is 10.9 Å². The summed E-state index contributed by atoms with van der Waals surface area (Å²) in [5, 5.41) is 17.6. The highest BCUT2D eigenvalue weighted by molar-refractivity contribution is 6.36. The Labute approximate surface area is 173 Å². The molecule has 5 rings (SSSR count). The molecule has 3 nitrogen and oxygen atoms in total. The summed E-state index contributed by atoms with van der Waals surface area (Å²) in [6.45, 7) is 10.4. The third kappa shape index (κ3) is 2.20. The largest absolute Gasteiger partial charge is 0.478 e. The van der Waals surface area contributed by atoms with Gasteiger partial charge in [0, 0.05) is 10.9 Å². The molecule has 0 amide bonds. The molecule has 0 bridgehead atoms. The van der Waals surface area contributed by atoms with Gasteiger partial charge < -0.3 is 5.11 Å². The number of carbonyl (C=O) groups is 2. The number of rotatable bonds is 3. The first-order chi connectivity index (χ1) is 14.3. The molecule has 146 valence electrons. The van der Waals surface area contributed by atoms with Crippen LogP contribution in [0.4, 0.5) is 0 Å². The number of aromatic carboxylic acids is 1. The van der Waals surface area contributed by atoms with E-state index >= 15 is 0 Å². The highest BCUT2D eigenvalue weighted by Crippen LogP contribution is 2.45. The first kappa shape index (κ1) is 18.3. The van der Waals surface area contributed by atoms with Crippen LogP contribution in [-0.4, -0.2) is 17.4 Å². The van der Waals surface area contributed by atoms with E-state index < -0.39 is 5.97 Å². The molecule has 0 radical (unpaired) electrons. The molecule has 0 aliphatic heterocycles. The summed E-state index contributed by atoms with van der Waals surface area (Å²) >= 11 is 0. The van der Waals surface area contributed by atoms with Crippen molar-refractivity contribution in [3.05, 3.63) is 76.9 Å². The Morgan fingerprint density at radius 3 is 2.13 bits per heavy atom. The first-order valence-electron chi connectivity index (χ1n) is 9.87. The Morgan fingerprint density at radius 2 is 1.47 bits per heavy atom. The van der Waals surface area contributed by atoms with Gasteiger partial charge in [-0.25, -0.2) is 4.79 Å². The van der Waals surface area contributed by atoms with Crippen LogP contribution in [0.15, 0.2) is 49.0 Å². The number of benzene rings is 5. The quantitative estimate of drug-likeness (QED) is 0.206. The van der Waals surface area contributed by atoms with Gasteiger partial charge in [0.15, 0.2) is 6.29 Å². The maximum absolute atomic E-state index is 12.0. The minimum Gasteiger partial charge on any atom is -0.478 e. The number of carbonyl (C=O) groups excluding carboxylic acids is 1. The molecular formula is C27H20O3. The molecule has 5 aromatic rings. The summed E-state index contributed by atoms with van der Waals surface area (Å²) in [5.41, 5.74) is 4.99. The van der Waals surface area contributed by atoms with Crippen molar-refractivity contribution >= 4 is 60.9 Å². The highest BCUT2D eigenvalue weighted by Gasteiger charge is 2.22. The molecule has 0 spiro atoms. The lowest BCUT2D eigenvalue weighted by atomic mass is 9.82. The Kier molecular flexibility index (Phi) is 3.75. The average Bonchev–Trinajstić information content (AvgIpc) is 2.72. The molecule has 0 fully saturated rings. The zero-order chi connectivity index (χ0) is 21.3. The number of aldehydes is 1. The van der Waals surface area contributed by atoms with E-state index in [1.54, 1.807) is 12.1 Å². The van der Waals surface area contributed by atoms with E-state index in [-0.39, 0.29) is 5.56 Å². The van der Waals surface area contributed by atoms with Gasteiger partial charge in [0.1, 0.15) is 0 Å². The van der Waals surface area contributed by atoms with Crippen molar-refractivity contribution in [3.63, 3.8) is 0 Å². The van der Waals surface area contributed by atoms with E-state index in [1.807, 2.05) is 19.1 Å². The summed E-state index contributed by atoms with van der Waals surface area (Å²) < 4.78 is 0. The number of carboxylic acids is 1. The van der Waals surface area contributed by atoms with Crippen LogP contribution in [0.2, 0.25) is 0 Å². The van der Waals surface area contributed by atoms with Crippen LogP contribution in [0.5, 0.6) is 0 Å². The molecule has 0 heterocycles. The maximum Gasteiger partial charge on any atom is 0.336 e. The topological polar surface area (TPSA) is 54.4 Å². The molecule has 0 unspecified atom stereocenters. The molecule has 0 saturated carbocycles. The molecule has 0 aliphatic carbocycles. The van der Waals surface area contributed by atoms with Gasteiger partial charge in [-0.3, -0.25) is 4.79 Å². The van der Waals surface area contributed by atoms with E-state index in [0.717, 1.165) is 49.9 Å². The SMILES string of the molecule is C=C(C)c1cc(C)c2c3ccc(C(=O)O)c4c(C=O)ccc(c5ccc(C)c1c52)c43. The summed E-state index contributed by atoms with van der Waals surface area (Å²) in [6, 6.07) is 13.6. The van der Waals surface area contributed by atoms with Crippen LogP contribution >= 0.6 is 0 Å². The Balaban J connectivity index is 2.22. The van der Waals surface area contributed by atoms with Crippen LogP contribution in [0.25, 0.3) is 48.7 Å². The number of carboxylic acid groups (broad SMARTS) is 1. The molecule has 5 aromatic carbocycles. The molecule has 30 heavy (non-hydrogen) atoms. The van der Waals surface area contributed by atoms with Crippen molar-refractivity contribution in [2.75, 3.05) is 0 Å². The van der Waals surface area contributed by atoms with Gasteiger partial charge in [0.25, 0.3) is 0 Å². The number of allylic oxidation sites excluding steroid dienone is 1. The highest BCUT2D eigenvalue weighted by atomic mass is 16.4. The van der Waals surface area contributed by atoms with Gasteiger partial charge in [-0.2, -0.15) is 0 Å². The van der Waals surface area contributed by atoms with Crippen molar-refractivity contribution in [3.8, 4) is 0 Å². The number of aryl methyl sites for hydroxylation is 2. The van der Waals surface area contributed by atoms with E-state index in [2.05, 4.69) is 38.6 Å². The summed E-state index contributed by atoms with van der Waals surface area (Å²) in [6.07, 6.45) is 0.743. The van der Waals surface area contributed by atoms with E-state index in [9.17, 15) is 14.7 Å². The molecule has 0 aliphatic rings. The van der Waals surface area contributed by atoms with Crippen LogP contribution in [0.1, 0.15) is 44.3 Å². The van der Waals surface area contributed by atoms with Gasteiger partial charge in [-0.05, 0) is 81.2 Å². The summed E-state index contributed by atoms with van der Waals surface area (Å²) in [7, 11) is 0. The van der Waals surface area contributed by atoms with Crippen LogP contribution in [-0.2, 0) is 0 Å². The van der Waals surface area contributed by atoms with Gasteiger partial charge >= 0.3 is 5.97 Å². The normalized spacial score (nSPS) is 11.7. The fourth-order valence-electron chi connectivity index (χ4n) is 5.01. The predicted molar refractivity (Wildman–Crippen MR) is 124 cm³/mol. The predicted octanol–water partition coefficient (Wildman–Crippen LogP) is 6.90. The first-order valence-corrected chi connectivity index (χ1v) is 9.87. The fraction of sp³-hybridized carbons (Fsp3) is 0.111. The molecule has 0 saturated heterocycles. The van der Waals surface area contributed by atoms with Crippen molar-refractivity contribution in [2.24, 2.45) is 0 Å². The van der Waals surface area contributed by atoms with Gasteiger partial charge in [-0.1, -0.05) is 48.6 Å². The Hall–Kier alpha value is -3.72. The molecular weight excluding hydrogens is 372 g/mol. The van der Waals surface area contributed by atoms with Gasteiger partial charge in [-0.15, -0.1) is 0 Å². The lowest BCUT2D eigenvalue weighted by Crippen LogP contribution is -2.02. The number of hydrogen-bond acceptors (Lipinski definition) is 2. The molecule has 3 heteroatoms. The van der Waals surface area contributed by atoms with Crippen molar-refractivity contribution in [1.29, 1.82) is 0 Å². The van der Waals surface area contributed by atoms with Crippen LogP contribution < -0.4 is 0 Å². The number of fused-ring (bicyclic) bond motifs is 2. The Bertz CT molecular complexity index is 1570. The van der Waals surface area contributed by atoms with Crippen molar-refractivity contribution < 1.29 is 14.7 Å². The zero-order valence-corrected chi connectivity index (χ0v) is 17.1. The molecule has 1 N–H and O–H groups in total. The standard InChI is InChI=1S/C27H20O3/c1-13(2)21-11-15(4)23-19-9-10-20(27(29)30)24-16(12-28)6-8-17(25(19)24)18-7-5-14(3)22(21)26(18)23/h5-12H,1H2,2-4H3,(H,29,30). The fourth-order valence-corrected chi connectivity index (χ4v) is 5.01. The van der Waals surface area contributed by atoms with Crippen molar-refractivity contribution in [2.45, 2.75) is 20.8 Å². The van der Waals surface area contributed by atoms with Gasteiger partial charge in [0.2, 0.25) is 0 Å². The average molecular weight is 392 g/mol. The lowest BCUT2D eigenvalue weighted by Gasteiger charge is -2.21. The second kappa shape index (κ2) is 6.14. The minimum absolute atomic E-state index is 0.153. The molecule has 0 aromatic heterocycles. The molecule has 0 atom stereocenters. The third-order valence-corrected chi connectivity index (χ3v) is 6.26. The zero-order valence-electron chi connectivity index (χ0n) is 17.1. The third-order valence-electron chi connectivity index (χ3n) is 6.26. The second-order valence-corrected chi connectivity index (χ2v) is 8.11. The summed E-state index contributed by atoms with van der Waals surface area (Å²) in [5.74, 6) is -1.03.